The molecule has 2 aliphatic rings. The molecule has 0 aliphatic carbocycles. The molecule has 0 unspecified atom stereocenters. The molecule has 5 heterocycles. The van der Waals surface area contributed by atoms with Crippen molar-refractivity contribution < 1.29 is 0 Å². The summed E-state index contributed by atoms with van der Waals surface area (Å²) in [7, 11) is 0. The van der Waals surface area contributed by atoms with Crippen LogP contribution in [0.1, 0.15) is 30.1 Å². The minimum Gasteiger partial charge on any atom is -0.301 e. The number of hydrogen-bond donors (Lipinski definition) is 0. The Kier molecular flexibility index (Phi) is 5.65. The predicted octanol–water partition coefficient (Wildman–Crippen LogP) is 3.15. The molecule has 3 aromatic rings. The summed E-state index contributed by atoms with van der Waals surface area (Å²) in [5, 5.41) is 10.3. The van der Waals surface area contributed by atoms with E-state index in [1.165, 1.54) is 0 Å². The molecule has 1 saturated heterocycles. The van der Waals surface area contributed by atoms with E-state index in [1.54, 1.807) is 45.7 Å². The molecule has 0 spiro atoms. The maximum atomic E-state index is 12.6. The third-order valence-electron chi connectivity index (χ3n) is 6.88. The highest BCUT2D eigenvalue weighted by molar-refractivity contribution is 6.31. The Morgan fingerprint density at radius 3 is 2.61 bits per heavy atom. The first-order valence-corrected chi connectivity index (χ1v) is 11.5. The normalized spacial score (nSPS) is 18.5. The first-order chi connectivity index (χ1) is 15.9. The Morgan fingerprint density at radius 1 is 1.18 bits per heavy atom. The van der Waals surface area contributed by atoms with Crippen molar-refractivity contribution in [2.45, 2.75) is 31.8 Å². The van der Waals surface area contributed by atoms with Gasteiger partial charge in [-0.3, -0.25) is 18.7 Å². The lowest BCUT2D eigenvalue weighted by Crippen LogP contribution is -2.39. The fourth-order valence-electron chi connectivity index (χ4n) is 5.18. The Labute approximate surface area is 196 Å². The summed E-state index contributed by atoms with van der Waals surface area (Å²) in [5.41, 5.74) is 2.98. The second-order valence-corrected chi connectivity index (χ2v) is 9.36. The van der Waals surface area contributed by atoms with E-state index in [9.17, 15) is 9.59 Å². The number of rotatable bonds is 5. The predicted molar refractivity (Wildman–Crippen MR) is 127 cm³/mol. The summed E-state index contributed by atoms with van der Waals surface area (Å²) in [6.45, 7) is 7.43. The number of piperidine rings is 1. The van der Waals surface area contributed by atoms with Crippen molar-refractivity contribution in [1.82, 2.24) is 19.0 Å². The molecule has 7 nitrogen and oxygen atoms in total. The van der Waals surface area contributed by atoms with Crippen molar-refractivity contribution in [2.24, 2.45) is 5.92 Å². The Balaban J connectivity index is 1.23. The van der Waals surface area contributed by atoms with E-state index in [-0.39, 0.29) is 22.9 Å². The zero-order valence-corrected chi connectivity index (χ0v) is 19.0. The number of nitrogens with zero attached hydrogens (tertiary/aromatic N) is 5. The molecular formula is C25H24ClN5O2. The van der Waals surface area contributed by atoms with Gasteiger partial charge in [0.2, 0.25) is 0 Å². The number of allylic oxidation sites excluding steroid dienone is 1. The van der Waals surface area contributed by atoms with Gasteiger partial charge in [-0.2, -0.15) is 5.26 Å². The van der Waals surface area contributed by atoms with E-state index in [4.69, 9.17) is 16.9 Å². The van der Waals surface area contributed by atoms with Crippen molar-refractivity contribution in [3.8, 4) is 6.07 Å². The lowest BCUT2D eigenvalue weighted by molar-refractivity contribution is 0.171. The van der Waals surface area contributed by atoms with E-state index in [2.05, 4.69) is 16.5 Å². The second kappa shape index (κ2) is 8.62. The van der Waals surface area contributed by atoms with Crippen LogP contribution in [0.15, 0.2) is 58.3 Å². The monoisotopic (exact) mass is 461 g/mol. The van der Waals surface area contributed by atoms with Gasteiger partial charge in [0.05, 0.1) is 11.1 Å². The van der Waals surface area contributed by atoms with Crippen LogP contribution in [0.3, 0.4) is 0 Å². The number of likely N-dealkylation sites (tertiary alicyclic amines) is 1. The molecule has 0 saturated carbocycles. The van der Waals surface area contributed by atoms with Crippen molar-refractivity contribution in [1.29, 1.82) is 5.26 Å². The lowest BCUT2D eigenvalue weighted by atomic mass is 9.87. The van der Waals surface area contributed by atoms with E-state index in [1.807, 2.05) is 6.07 Å². The van der Waals surface area contributed by atoms with Gasteiger partial charge in [0.15, 0.2) is 5.69 Å². The van der Waals surface area contributed by atoms with E-state index < -0.39 is 0 Å². The van der Waals surface area contributed by atoms with Crippen LogP contribution < -0.4 is 11.1 Å². The summed E-state index contributed by atoms with van der Waals surface area (Å²) < 4.78 is 3.52. The van der Waals surface area contributed by atoms with Gasteiger partial charge in [-0.25, -0.2) is 4.98 Å². The Hall–Kier alpha value is -3.21. The number of halogens is 1. The quantitative estimate of drug-likeness (QED) is 0.545. The summed E-state index contributed by atoms with van der Waals surface area (Å²) in [6.07, 6.45) is 4.38. The van der Waals surface area contributed by atoms with Crippen LogP contribution in [-0.2, 0) is 13.0 Å². The third-order valence-corrected chi connectivity index (χ3v) is 7.17. The summed E-state index contributed by atoms with van der Waals surface area (Å²) in [6, 6.07) is 10.5. The maximum absolute atomic E-state index is 12.6. The van der Waals surface area contributed by atoms with E-state index in [0.29, 0.717) is 23.9 Å². The van der Waals surface area contributed by atoms with Gasteiger partial charge < -0.3 is 4.90 Å². The largest absolute Gasteiger partial charge is 0.301 e. The molecule has 3 aromatic heterocycles. The van der Waals surface area contributed by atoms with Crippen LogP contribution in [0.2, 0.25) is 5.02 Å². The first-order valence-electron chi connectivity index (χ1n) is 11.1. The summed E-state index contributed by atoms with van der Waals surface area (Å²) in [4.78, 5) is 31.5. The molecule has 0 radical (unpaired) electrons. The minimum atomic E-state index is -0.0586. The molecule has 1 fully saturated rings. The Bertz CT molecular complexity index is 1400. The smallest absolute Gasteiger partial charge is 0.252 e. The number of aromatic nitrogens is 3. The minimum absolute atomic E-state index is 0.0390. The maximum Gasteiger partial charge on any atom is 0.252 e. The highest BCUT2D eigenvalue weighted by Crippen LogP contribution is 2.29. The molecule has 0 amide bonds. The average Bonchev–Trinajstić information content (AvgIpc) is 3.19. The van der Waals surface area contributed by atoms with Crippen molar-refractivity contribution in [3.05, 3.63) is 85.7 Å². The summed E-state index contributed by atoms with van der Waals surface area (Å²) in [5.74, 6) is 0.408. The zero-order valence-electron chi connectivity index (χ0n) is 18.2. The van der Waals surface area contributed by atoms with Gasteiger partial charge in [-0.1, -0.05) is 23.8 Å². The van der Waals surface area contributed by atoms with Gasteiger partial charge in [0.1, 0.15) is 11.7 Å². The second-order valence-electron chi connectivity index (χ2n) is 8.95. The van der Waals surface area contributed by atoms with Gasteiger partial charge in [-0.05, 0) is 62.0 Å². The molecule has 2 aliphatic heterocycles. The molecule has 1 atom stereocenters. The summed E-state index contributed by atoms with van der Waals surface area (Å²) >= 11 is 6.12. The topological polar surface area (TPSA) is 83.9 Å². The molecule has 0 aromatic carbocycles. The van der Waals surface area contributed by atoms with Crippen molar-refractivity contribution >= 4 is 22.6 Å². The Morgan fingerprint density at radius 2 is 1.91 bits per heavy atom. The average molecular weight is 462 g/mol. The van der Waals surface area contributed by atoms with Crippen molar-refractivity contribution in [3.63, 3.8) is 0 Å². The molecular weight excluding hydrogens is 438 g/mol. The molecule has 33 heavy (non-hydrogen) atoms. The van der Waals surface area contributed by atoms with Crippen LogP contribution in [0, 0.1) is 17.2 Å². The van der Waals surface area contributed by atoms with Gasteiger partial charge >= 0.3 is 0 Å². The van der Waals surface area contributed by atoms with Crippen molar-refractivity contribution in [2.75, 3.05) is 19.6 Å². The lowest BCUT2D eigenvalue weighted by Gasteiger charge is -2.34. The van der Waals surface area contributed by atoms with E-state index >= 15 is 0 Å². The van der Waals surface area contributed by atoms with Gasteiger partial charge in [-0.15, -0.1) is 0 Å². The molecule has 0 bridgehead atoms. The molecule has 5 rings (SSSR count). The van der Waals surface area contributed by atoms with Crippen LogP contribution in [-0.4, -0.2) is 38.7 Å². The van der Waals surface area contributed by atoms with Crippen LogP contribution in [0.25, 0.3) is 11.0 Å². The molecule has 0 N–H and O–H groups in total. The standard InChI is InChI=1S/C25H24ClN5O2/c1-16(10-17-11-21(26)22(12-27)28-13-17)18-6-8-29(9-7-18)14-20-15-30-23(32)4-2-19-3-5-24(33)31(20)25(19)30/h2-5,11,13,18,20H,1,6-10,14-15H2/t20-/m1/s1. The fraction of sp³-hybridized carbons (Fsp3) is 0.360. The van der Waals surface area contributed by atoms with Crippen LogP contribution in [0.5, 0.6) is 0 Å². The first kappa shape index (κ1) is 21.6. The van der Waals surface area contributed by atoms with Crippen LogP contribution >= 0.6 is 11.6 Å². The fourth-order valence-corrected chi connectivity index (χ4v) is 5.41. The van der Waals surface area contributed by atoms with E-state index in [0.717, 1.165) is 54.6 Å². The number of hydrogen-bond acceptors (Lipinski definition) is 5. The molecule has 168 valence electrons. The molecule has 8 heteroatoms. The zero-order chi connectivity index (χ0) is 23.1. The van der Waals surface area contributed by atoms with Crippen LogP contribution in [0.4, 0.5) is 0 Å². The SMILES string of the molecule is C=C(Cc1cnc(C#N)c(Cl)c1)C1CCN(C[C@@H]2Cn3c(=O)ccc4ccc(=O)n2c43)CC1. The highest BCUT2D eigenvalue weighted by Gasteiger charge is 2.29. The number of pyridine rings is 3. The van der Waals surface area contributed by atoms with Gasteiger partial charge in [0.25, 0.3) is 11.1 Å². The van der Waals surface area contributed by atoms with Gasteiger partial charge in [0, 0.05) is 36.8 Å². The highest BCUT2D eigenvalue weighted by atomic mass is 35.5. The number of nitriles is 1. The third kappa shape index (κ3) is 4.01.